The minimum Gasteiger partial charge on any atom is -0.508 e. The van der Waals surface area contributed by atoms with E-state index in [9.17, 15) is 44.1 Å². The van der Waals surface area contributed by atoms with Crippen molar-refractivity contribution in [3.63, 3.8) is 0 Å². The molecule has 0 bridgehead atoms. The molecular formula is C23H32N4O10. The molecule has 9 N–H and O–H groups in total. The molecule has 14 heteroatoms. The van der Waals surface area contributed by atoms with Crippen molar-refractivity contribution in [1.82, 2.24) is 16.0 Å². The monoisotopic (exact) mass is 524 g/mol. The van der Waals surface area contributed by atoms with Gasteiger partial charge in [0.1, 0.15) is 23.9 Å². The molecule has 0 heterocycles. The van der Waals surface area contributed by atoms with Crippen molar-refractivity contribution in [1.29, 1.82) is 0 Å². The molecule has 3 amide bonds. The Morgan fingerprint density at radius 3 is 1.84 bits per heavy atom. The lowest BCUT2D eigenvalue weighted by molar-refractivity contribution is -0.143. The summed E-state index contributed by atoms with van der Waals surface area (Å²) in [6, 6.07) is -0.359. The summed E-state index contributed by atoms with van der Waals surface area (Å²) in [4.78, 5) is 72.0. The number of nitrogens with one attached hydrogen (secondary N) is 3. The summed E-state index contributed by atoms with van der Waals surface area (Å²) in [6.45, 7) is 3.30. The number of aliphatic carboxylic acids is 3. The third-order valence-corrected chi connectivity index (χ3v) is 5.53. The summed E-state index contributed by atoms with van der Waals surface area (Å²) in [5.74, 6) is -7.72. The molecule has 5 atom stereocenters. The molecule has 1 rings (SSSR count). The van der Waals surface area contributed by atoms with Crippen LogP contribution in [0.15, 0.2) is 24.3 Å². The molecule has 14 nitrogen and oxygen atoms in total. The first kappa shape index (κ1) is 30.8. The predicted molar refractivity (Wildman–Crippen MR) is 127 cm³/mol. The van der Waals surface area contributed by atoms with Crippen molar-refractivity contribution in [2.75, 3.05) is 0 Å². The number of phenols is 1. The molecule has 0 aliphatic heterocycles. The number of hydrogen-bond acceptors (Lipinski definition) is 8. The fraction of sp³-hybridized carbons (Fsp3) is 0.478. The second-order valence-corrected chi connectivity index (χ2v) is 8.51. The predicted octanol–water partition coefficient (Wildman–Crippen LogP) is -1.20. The second-order valence-electron chi connectivity index (χ2n) is 8.51. The zero-order chi connectivity index (χ0) is 28.3. The Morgan fingerprint density at radius 1 is 0.811 bits per heavy atom. The van der Waals surface area contributed by atoms with E-state index in [4.69, 9.17) is 10.8 Å². The third-order valence-electron chi connectivity index (χ3n) is 5.53. The van der Waals surface area contributed by atoms with Crippen LogP contribution in [0.5, 0.6) is 5.75 Å². The maximum atomic E-state index is 13.0. The van der Waals surface area contributed by atoms with Crippen molar-refractivity contribution in [3.05, 3.63) is 29.8 Å². The molecular weight excluding hydrogens is 492 g/mol. The van der Waals surface area contributed by atoms with Crippen LogP contribution in [0.3, 0.4) is 0 Å². The van der Waals surface area contributed by atoms with Crippen molar-refractivity contribution < 1.29 is 49.2 Å². The van der Waals surface area contributed by atoms with E-state index < -0.39 is 78.6 Å². The maximum Gasteiger partial charge on any atom is 0.326 e. The molecule has 0 aromatic heterocycles. The molecule has 0 saturated heterocycles. The van der Waals surface area contributed by atoms with Gasteiger partial charge >= 0.3 is 17.9 Å². The van der Waals surface area contributed by atoms with Crippen LogP contribution in [-0.2, 0) is 35.2 Å². The van der Waals surface area contributed by atoms with E-state index in [-0.39, 0.29) is 12.2 Å². The fourth-order valence-electron chi connectivity index (χ4n) is 3.23. The number of carbonyl (C=O) groups excluding carboxylic acids is 3. The zero-order valence-corrected chi connectivity index (χ0v) is 20.3. The second kappa shape index (κ2) is 14.4. The van der Waals surface area contributed by atoms with E-state index in [1.165, 1.54) is 24.3 Å². The van der Waals surface area contributed by atoms with Gasteiger partial charge in [0.05, 0.1) is 18.9 Å². The van der Waals surface area contributed by atoms with E-state index >= 15 is 0 Å². The fourth-order valence-corrected chi connectivity index (χ4v) is 3.23. The number of phenolic OH excluding ortho intramolecular Hbond substituents is 1. The molecule has 0 spiro atoms. The standard InChI is InChI=1S/C23H32N4O10/c1-3-11(2)19(27-20(33)14(24)9-17(29)30)22(35)25-15(10-18(31)32)21(34)26-16(23(36)37)8-12-4-6-13(28)7-5-12/h4-7,11,14-16,19,28H,3,8-10,24H2,1-2H3,(H,25,35)(H,26,34)(H,27,33)(H,29,30)(H,31,32)(H,36,37). The van der Waals surface area contributed by atoms with Crippen molar-refractivity contribution in [2.24, 2.45) is 11.7 Å². The third kappa shape index (κ3) is 10.5. The number of hydrogen-bond donors (Lipinski definition) is 8. The molecule has 37 heavy (non-hydrogen) atoms. The Labute approximate surface area is 212 Å². The molecule has 1 aromatic rings. The van der Waals surface area contributed by atoms with Crippen molar-refractivity contribution >= 4 is 35.6 Å². The van der Waals surface area contributed by atoms with Crippen LogP contribution in [0, 0.1) is 5.92 Å². The average Bonchev–Trinajstić information content (AvgIpc) is 2.81. The van der Waals surface area contributed by atoms with E-state index in [1.807, 2.05) is 0 Å². The van der Waals surface area contributed by atoms with E-state index in [0.717, 1.165) is 0 Å². The lowest BCUT2D eigenvalue weighted by Crippen LogP contribution is -2.59. The van der Waals surface area contributed by atoms with Crippen LogP contribution in [-0.4, -0.2) is 80.2 Å². The number of nitrogens with two attached hydrogens (primary N) is 1. The molecule has 0 saturated carbocycles. The van der Waals surface area contributed by atoms with Crippen LogP contribution in [0.25, 0.3) is 0 Å². The van der Waals surface area contributed by atoms with Crippen LogP contribution in [0.4, 0.5) is 0 Å². The average molecular weight is 525 g/mol. The first-order chi connectivity index (χ1) is 17.2. The van der Waals surface area contributed by atoms with Crippen LogP contribution >= 0.6 is 0 Å². The molecule has 0 aliphatic rings. The van der Waals surface area contributed by atoms with Gasteiger partial charge in [-0.1, -0.05) is 32.4 Å². The highest BCUT2D eigenvalue weighted by molar-refractivity contribution is 5.96. The van der Waals surface area contributed by atoms with Crippen molar-refractivity contribution in [2.45, 2.75) is 63.7 Å². The topological polar surface area (TPSA) is 245 Å². The molecule has 1 aromatic carbocycles. The molecule has 204 valence electrons. The minimum atomic E-state index is -1.69. The molecule has 5 unspecified atom stereocenters. The Balaban J connectivity index is 3.05. The number of benzene rings is 1. The zero-order valence-electron chi connectivity index (χ0n) is 20.3. The quantitative estimate of drug-likeness (QED) is 0.135. The Kier molecular flexibility index (Phi) is 12.0. The number of carboxylic acid groups (broad SMARTS) is 3. The van der Waals surface area contributed by atoms with Gasteiger partial charge in [-0.05, 0) is 23.6 Å². The first-order valence-electron chi connectivity index (χ1n) is 11.4. The van der Waals surface area contributed by atoms with Gasteiger partial charge in [-0.2, -0.15) is 0 Å². The smallest absolute Gasteiger partial charge is 0.326 e. The van der Waals surface area contributed by atoms with Crippen LogP contribution < -0.4 is 21.7 Å². The first-order valence-corrected chi connectivity index (χ1v) is 11.4. The summed E-state index contributed by atoms with van der Waals surface area (Å²) >= 11 is 0. The van der Waals surface area contributed by atoms with Gasteiger partial charge in [-0.3, -0.25) is 24.0 Å². The van der Waals surface area contributed by atoms with Gasteiger partial charge < -0.3 is 42.1 Å². The Hall–Kier alpha value is -4.20. The van der Waals surface area contributed by atoms with Gasteiger partial charge in [-0.25, -0.2) is 4.79 Å². The minimum absolute atomic E-state index is 0.0456. The van der Waals surface area contributed by atoms with E-state index in [2.05, 4.69) is 16.0 Å². The number of carboxylic acids is 3. The highest BCUT2D eigenvalue weighted by Gasteiger charge is 2.33. The highest BCUT2D eigenvalue weighted by Crippen LogP contribution is 2.12. The van der Waals surface area contributed by atoms with E-state index in [0.29, 0.717) is 12.0 Å². The van der Waals surface area contributed by atoms with Crippen LogP contribution in [0.2, 0.25) is 0 Å². The van der Waals surface area contributed by atoms with Gasteiger partial charge in [0.25, 0.3) is 0 Å². The summed E-state index contributed by atoms with van der Waals surface area (Å²) in [5.41, 5.74) is 6.00. The SMILES string of the molecule is CCC(C)C(NC(=O)C(N)CC(=O)O)C(=O)NC(CC(=O)O)C(=O)NC(Cc1ccc(O)cc1)C(=O)O. The largest absolute Gasteiger partial charge is 0.508 e. The maximum absolute atomic E-state index is 13.0. The number of rotatable bonds is 15. The Bertz CT molecular complexity index is 998. The van der Waals surface area contributed by atoms with Gasteiger partial charge in [0, 0.05) is 6.42 Å². The number of carbonyl (C=O) groups is 6. The summed E-state index contributed by atoms with van der Waals surface area (Å²) in [7, 11) is 0. The highest BCUT2D eigenvalue weighted by atomic mass is 16.4. The van der Waals surface area contributed by atoms with Gasteiger partial charge in [0.2, 0.25) is 17.7 Å². The van der Waals surface area contributed by atoms with Gasteiger partial charge in [-0.15, -0.1) is 0 Å². The van der Waals surface area contributed by atoms with E-state index in [1.54, 1.807) is 13.8 Å². The number of amides is 3. The van der Waals surface area contributed by atoms with Crippen molar-refractivity contribution in [3.8, 4) is 5.75 Å². The molecule has 0 fully saturated rings. The lowest BCUT2D eigenvalue weighted by Gasteiger charge is -2.27. The molecule has 0 aliphatic carbocycles. The molecule has 0 radical (unpaired) electrons. The lowest BCUT2D eigenvalue weighted by atomic mass is 9.97. The van der Waals surface area contributed by atoms with Crippen LogP contribution in [0.1, 0.15) is 38.7 Å². The normalized spacial score (nSPS) is 14.8. The summed E-state index contributed by atoms with van der Waals surface area (Å²) < 4.78 is 0. The Morgan fingerprint density at radius 2 is 1.35 bits per heavy atom. The number of aromatic hydroxyl groups is 1. The summed E-state index contributed by atoms with van der Waals surface area (Å²) in [5, 5.41) is 43.7. The van der Waals surface area contributed by atoms with Gasteiger partial charge in [0.15, 0.2) is 0 Å². The summed E-state index contributed by atoms with van der Waals surface area (Å²) in [6.07, 6.45) is -1.40.